The van der Waals surface area contributed by atoms with Gasteiger partial charge >= 0.3 is 0 Å². The van der Waals surface area contributed by atoms with E-state index in [2.05, 4.69) is 16.7 Å². The maximum atomic E-state index is 12.2. The third-order valence-electron chi connectivity index (χ3n) is 4.90. The van der Waals surface area contributed by atoms with Gasteiger partial charge in [-0.25, -0.2) is 0 Å². The molecule has 1 aliphatic heterocycles. The zero-order valence-corrected chi connectivity index (χ0v) is 13.7. The molecule has 2 heterocycles. The SMILES string of the molecule is O=C(CCC1CCNCC1)Nc1ccc2c(c1)oc1ccccc12. The number of amides is 1. The number of benzene rings is 2. The van der Waals surface area contributed by atoms with Gasteiger partial charge in [-0.05, 0) is 56.5 Å². The molecule has 1 amide bonds. The first kappa shape index (κ1) is 15.2. The van der Waals surface area contributed by atoms with E-state index < -0.39 is 0 Å². The van der Waals surface area contributed by atoms with Gasteiger partial charge in [0.15, 0.2) is 0 Å². The molecule has 4 heteroatoms. The summed E-state index contributed by atoms with van der Waals surface area (Å²) < 4.78 is 5.87. The number of anilines is 1. The number of para-hydroxylation sites is 1. The van der Waals surface area contributed by atoms with Crippen molar-refractivity contribution < 1.29 is 9.21 Å². The Morgan fingerprint density at radius 1 is 1.08 bits per heavy atom. The van der Waals surface area contributed by atoms with Gasteiger partial charge in [-0.15, -0.1) is 0 Å². The number of nitrogens with one attached hydrogen (secondary N) is 2. The normalized spacial score (nSPS) is 15.8. The number of piperidine rings is 1. The Morgan fingerprint density at radius 3 is 2.75 bits per heavy atom. The van der Waals surface area contributed by atoms with Crippen LogP contribution in [0, 0.1) is 5.92 Å². The Kier molecular flexibility index (Phi) is 4.22. The Balaban J connectivity index is 1.44. The van der Waals surface area contributed by atoms with E-state index in [1.54, 1.807) is 0 Å². The molecule has 4 nitrogen and oxygen atoms in total. The molecule has 0 aliphatic carbocycles. The second-order valence-electron chi connectivity index (χ2n) is 6.59. The fourth-order valence-electron chi connectivity index (χ4n) is 3.53. The van der Waals surface area contributed by atoms with E-state index in [1.807, 2.05) is 36.4 Å². The summed E-state index contributed by atoms with van der Waals surface area (Å²) in [6.07, 6.45) is 3.92. The van der Waals surface area contributed by atoms with Gasteiger partial charge in [0.1, 0.15) is 11.2 Å². The molecular formula is C20H22N2O2. The quantitative estimate of drug-likeness (QED) is 0.753. The number of carbonyl (C=O) groups is 1. The van der Waals surface area contributed by atoms with Crippen LogP contribution in [0.5, 0.6) is 0 Å². The van der Waals surface area contributed by atoms with Crippen LogP contribution < -0.4 is 10.6 Å². The largest absolute Gasteiger partial charge is 0.456 e. The lowest BCUT2D eigenvalue weighted by atomic mass is 9.93. The van der Waals surface area contributed by atoms with E-state index in [1.165, 1.54) is 12.8 Å². The minimum absolute atomic E-state index is 0.0870. The van der Waals surface area contributed by atoms with Gasteiger partial charge in [0.2, 0.25) is 5.91 Å². The summed E-state index contributed by atoms with van der Waals surface area (Å²) in [5, 5.41) is 8.55. The fraction of sp³-hybridized carbons (Fsp3) is 0.350. The molecule has 124 valence electrons. The highest BCUT2D eigenvalue weighted by molar-refractivity contribution is 6.06. The van der Waals surface area contributed by atoms with Crippen LogP contribution in [-0.4, -0.2) is 19.0 Å². The Bertz CT molecular complexity index is 862. The Morgan fingerprint density at radius 2 is 1.88 bits per heavy atom. The second kappa shape index (κ2) is 6.65. The summed E-state index contributed by atoms with van der Waals surface area (Å²) in [5.74, 6) is 0.763. The lowest BCUT2D eigenvalue weighted by molar-refractivity contribution is -0.116. The highest BCUT2D eigenvalue weighted by Gasteiger charge is 2.15. The molecule has 1 aromatic heterocycles. The molecule has 1 saturated heterocycles. The van der Waals surface area contributed by atoms with Crippen molar-refractivity contribution in [3.63, 3.8) is 0 Å². The molecule has 0 saturated carbocycles. The van der Waals surface area contributed by atoms with Crippen LogP contribution in [0.1, 0.15) is 25.7 Å². The van der Waals surface area contributed by atoms with Gasteiger partial charge in [-0.2, -0.15) is 0 Å². The van der Waals surface area contributed by atoms with Crippen molar-refractivity contribution in [3.05, 3.63) is 42.5 Å². The van der Waals surface area contributed by atoms with E-state index in [0.717, 1.165) is 47.1 Å². The summed E-state index contributed by atoms with van der Waals surface area (Å²) in [5.41, 5.74) is 2.49. The fourth-order valence-corrected chi connectivity index (χ4v) is 3.53. The summed E-state index contributed by atoms with van der Waals surface area (Å²) in [6, 6.07) is 13.9. The summed E-state index contributed by atoms with van der Waals surface area (Å²) in [6.45, 7) is 2.16. The van der Waals surface area contributed by atoms with Crippen molar-refractivity contribution in [1.82, 2.24) is 5.32 Å². The van der Waals surface area contributed by atoms with E-state index in [9.17, 15) is 4.79 Å². The molecule has 4 rings (SSSR count). The van der Waals surface area contributed by atoms with Crippen LogP contribution in [0.25, 0.3) is 21.9 Å². The second-order valence-corrected chi connectivity index (χ2v) is 6.59. The average molecular weight is 322 g/mol. The Labute approximate surface area is 141 Å². The molecular weight excluding hydrogens is 300 g/mol. The van der Waals surface area contributed by atoms with Gasteiger partial charge in [-0.1, -0.05) is 18.2 Å². The smallest absolute Gasteiger partial charge is 0.224 e. The third kappa shape index (κ3) is 3.15. The van der Waals surface area contributed by atoms with Gasteiger partial charge in [0.25, 0.3) is 0 Å². The minimum Gasteiger partial charge on any atom is -0.456 e. The van der Waals surface area contributed by atoms with Gasteiger partial charge < -0.3 is 15.1 Å². The highest BCUT2D eigenvalue weighted by atomic mass is 16.3. The van der Waals surface area contributed by atoms with Gasteiger partial charge in [0.05, 0.1) is 0 Å². The van der Waals surface area contributed by atoms with Crippen molar-refractivity contribution in [2.45, 2.75) is 25.7 Å². The molecule has 2 aromatic carbocycles. The van der Waals surface area contributed by atoms with Crippen molar-refractivity contribution >= 4 is 33.5 Å². The van der Waals surface area contributed by atoms with Gasteiger partial charge in [0, 0.05) is 28.9 Å². The van der Waals surface area contributed by atoms with Crippen molar-refractivity contribution in [1.29, 1.82) is 0 Å². The van der Waals surface area contributed by atoms with Crippen molar-refractivity contribution in [3.8, 4) is 0 Å². The van der Waals surface area contributed by atoms with Crippen LogP contribution in [-0.2, 0) is 4.79 Å². The predicted octanol–water partition coefficient (Wildman–Crippen LogP) is 4.30. The van der Waals surface area contributed by atoms with Crippen LogP contribution in [0.3, 0.4) is 0 Å². The van der Waals surface area contributed by atoms with Gasteiger partial charge in [-0.3, -0.25) is 4.79 Å². The number of furan rings is 1. The number of rotatable bonds is 4. The number of hydrogen-bond donors (Lipinski definition) is 2. The number of fused-ring (bicyclic) bond motifs is 3. The maximum absolute atomic E-state index is 12.2. The van der Waals surface area contributed by atoms with E-state index >= 15 is 0 Å². The molecule has 3 aromatic rings. The van der Waals surface area contributed by atoms with E-state index in [0.29, 0.717) is 12.3 Å². The van der Waals surface area contributed by atoms with E-state index in [-0.39, 0.29) is 5.91 Å². The predicted molar refractivity (Wildman–Crippen MR) is 97.2 cm³/mol. The summed E-state index contributed by atoms with van der Waals surface area (Å²) >= 11 is 0. The maximum Gasteiger partial charge on any atom is 0.224 e. The van der Waals surface area contributed by atoms with Crippen LogP contribution in [0.15, 0.2) is 46.9 Å². The zero-order valence-electron chi connectivity index (χ0n) is 13.7. The lowest BCUT2D eigenvalue weighted by Crippen LogP contribution is -2.28. The molecule has 2 N–H and O–H groups in total. The topological polar surface area (TPSA) is 54.3 Å². The monoisotopic (exact) mass is 322 g/mol. The average Bonchev–Trinajstić information content (AvgIpc) is 2.98. The molecule has 1 aliphatic rings. The number of carbonyl (C=O) groups excluding carboxylic acids is 1. The molecule has 0 bridgehead atoms. The first-order chi connectivity index (χ1) is 11.8. The Hall–Kier alpha value is -2.33. The van der Waals surface area contributed by atoms with Crippen molar-refractivity contribution in [2.24, 2.45) is 5.92 Å². The van der Waals surface area contributed by atoms with Crippen LogP contribution in [0.2, 0.25) is 0 Å². The van der Waals surface area contributed by atoms with Crippen LogP contribution in [0.4, 0.5) is 5.69 Å². The summed E-state index contributed by atoms with van der Waals surface area (Å²) in [7, 11) is 0. The van der Waals surface area contributed by atoms with E-state index in [4.69, 9.17) is 4.42 Å². The third-order valence-corrected chi connectivity index (χ3v) is 4.90. The van der Waals surface area contributed by atoms with Crippen molar-refractivity contribution in [2.75, 3.05) is 18.4 Å². The molecule has 0 unspecified atom stereocenters. The highest BCUT2D eigenvalue weighted by Crippen LogP contribution is 2.30. The minimum atomic E-state index is 0.0870. The summed E-state index contributed by atoms with van der Waals surface area (Å²) in [4.78, 5) is 12.2. The zero-order chi connectivity index (χ0) is 16.4. The molecule has 0 radical (unpaired) electrons. The molecule has 24 heavy (non-hydrogen) atoms. The molecule has 1 fully saturated rings. The number of hydrogen-bond acceptors (Lipinski definition) is 3. The van der Waals surface area contributed by atoms with Crippen LogP contribution >= 0.6 is 0 Å². The molecule has 0 atom stereocenters. The molecule has 0 spiro atoms. The standard InChI is InChI=1S/C20H22N2O2/c23-20(8-5-14-9-11-21-12-10-14)22-15-6-7-17-16-3-1-2-4-18(16)24-19(17)13-15/h1-4,6-7,13-14,21H,5,8-12H2,(H,22,23). The first-order valence-electron chi connectivity index (χ1n) is 8.71. The first-order valence-corrected chi connectivity index (χ1v) is 8.71. The lowest BCUT2D eigenvalue weighted by Gasteiger charge is -2.22.